The number of para-hydroxylation sites is 1. The number of carbonyl (C=O) groups excluding carboxylic acids is 2. The van der Waals surface area contributed by atoms with Crippen molar-refractivity contribution in [3.8, 4) is 11.5 Å². The number of hydrogen-bond donors (Lipinski definition) is 0. The summed E-state index contributed by atoms with van der Waals surface area (Å²) in [7, 11) is 0. The molecule has 5 nitrogen and oxygen atoms in total. The van der Waals surface area contributed by atoms with Gasteiger partial charge in [-0.05, 0) is 30.3 Å². The van der Waals surface area contributed by atoms with Gasteiger partial charge in [0.25, 0.3) is 5.79 Å². The predicted molar refractivity (Wildman–Crippen MR) is 99.9 cm³/mol. The van der Waals surface area contributed by atoms with Crippen molar-refractivity contribution in [3.05, 3.63) is 63.1 Å². The molecule has 0 aliphatic carbocycles. The van der Waals surface area contributed by atoms with Crippen LogP contribution in [0.2, 0.25) is 5.02 Å². The summed E-state index contributed by atoms with van der Waals surface area (Å²) in [4.78, 5) is 24.4. The zero-order valence-electron chi connectivity index (χ0n) is 13.9. The van der Waals surface area contributed by atoms with E-state index in [1.807, 2.05) is 18.2 Å². The topological polar surface area (TPSA) is 61.8 Å². The highest BCUT2D eigenvalue weighted by Gasteiger charge is 2.39. The number of ether oxygens (including phenoxy) is 3. The minimum absolute atomic E-state index is 0.245. The first-order valence-electron chi connectivity index (χ1n) is 7.66. The van der Waals surface area contributed by atoms with Gasteiger partial charge in [-0.2, -0.15) is 0 Å². The van der Waals surface area contributed by atoms with Crippen molar-refractivity contribution >= 4 is 45.5 Å². The Morgan fingerprint density at radius 1 is 1.04 bits per heavy atom. The Kier molecular flexibility index (Phi) is 5.07. The van der Waals surface area contributed by atoms with Crippen molar-refractivity contribution in [2.45, 2.75) is 19.6 Å². The van der Waals surface area contributed by atoms with Gasteiger partial charge in [-0.25, -0.2) is 9.59 Å². The average molecular weight is 438 g/mol. The Labute approximate surface area is 163 Å². The van der Waals surface area contributed by atoms with Gasteiger partial charge in [-0.15, -0.1) is 0 Å². The van der Waals surface area contributed by atoms with Gasteiger partial charge in [0.1, 0.15) is 11.3 Å². The van der Waals surface area contributed by atoms with E-state index in [-0.39, 0.29) is 5.57 Å². The molecule has 1 aliphatic rings. The molecule has 26 heavy (non-hydrogen) atoms. The summed E-state index contributed by atoms with van der Waals surface area (Å²) >= 11 is 9.68. The van der Waals surface area contributed by atoms with E-state index in [9.17, 15) is 9.59 Å². The number of benzene rings is 2. The zero-order valence-corrected chi connectivity index (χ0v) is 16.3. The summed E-state index contributed by atoms with van der Waals surface area (Å²) in [5.74, 6) is -2.00. The Balaban J connectivity index is 2.06. The number of hydrogen-bond acceptors (Lipinski definition) is 5. The van der Waals surface area contributed by atoms with E-state index >= 15 is 0 Å². The fourth-order valence-electron chi connectivity index (χ4n) is 2.32. The van der Waals surface area contributed by atoms with Crippen molar-refractivity contribution < 1.29 is 23.8 Å². The standard InChI is InChI=1S/C19H14BrClO5/c1-19(2)25-17(22)13(18(23)26-19)10-12-14(20)8-9-15(21)16(12)24-11-6-4-3-5-7-11/h3-10H,1-2H3. The first-order chi connectivity index (χ1) is 12.3. The highest BCUT2D eigenvalue weighted by Crippen LogP contribution is 2.39. The first-order valence-corrected chi connectivity index (χ1v) is 8.83. The summed E-state index contributed by atoms with van der Waals surface area (Å²) in [6, 6.07) is 12.4. The van der Waals surface area contributed by atoms with Crippen LogP contribution in [0.1, 0.15) is 19.4 Å². The predicted octanol–water partition coefficient (Wildman–Crippen LogP) is 5.11. The summed E-state index contributed by atoms with van der Waals surface area (Å²) in [6.07, 6.45) is 1.34. The second-order valence-electron chi connectivity index (χ2n) is 5.92. The molecule has 0 bridgehead atoms. The molecule has 0 amide bonds. The molecule has 3 rings (SSSR count). The van der Waals surface area contributed by atoms with Crippen molar-refractivity contribution in [1.29, 1.82) is 0 Å². The number of rotatable bonds is 3. The fourth-order valence-corrected chi connectivity index (χ4v) is 2.95. The van der Waals surface area contributed by atoms with E-state index in [0.717, 1.165) is 0 Å². The minimum Gasteiger partial charge on any atom is -0.455 e. The van der Waals surface area contributed by atoms with Crippen molar-refractivity contribution in [2.24, 2.45) is 0 Å². The van der Waals surface area contributed by atoms with Crippen molar-refractivity contribution in [1.82, 2.24) is 0 Å². The maximum atomic E-state index is 12.2. The van der Waals surface area contributed by atoms with Crippen LogP contribution in [-0.4, -0.2) is 17.7 Å². The molecule has 1 saturated heterocycles. The second-order valence-corrected chi connectivity index (χ2v) is 7.19. The molecule has 134 valence electrons. The minimum atomic E-state index is -1.31. The Hall–Kier alpha value is -2.31. The molecular formula is C19H14BrClO5. The highest BCUT2D eigenvalue weighted by molar-refractivity contribution is 9.10. The quantitative estimate of drug-likeness (QED) is 0.379. The van der Waals surface area contributed by atoms with Crippen LogP contribution in [0.4, 0.5) is 0 Å². The smallest absolute Gasteiger partial charge is 0.348 e. The molecule has 0 radical (unpaired) electrons. The van der Waals surface area contributed by atoms with Gasteiger partial charge in [-0.1, -0.05) is 45.7 Å². The summed E-state index contributed by atoms with van der Waals surface area (Å²) in [6.45, 7) is 2.97. The monoisotopic (exact) mass is 436 g/mol. The normalized spacial score (nSPS) is 15.9. The fraction of sp³-hybridized carbons (Fsp3) is 0.158. The molecule has 2 aromatic rings. The maximum absolute atomic E-state index is 12.2. The van der Waals surface area contributed by atoms with Gasteiger partial charge < -0.3 is 14.2 Å². The lowest BCUT2D eigenvalue weighted by Crippen LogP contribution is -2.41. The van der Waals surface area contributed by atoms with E-state index in [2.05, 4.69) is 15.9 Å². The lowest BCUT2D eigenvalue weighted by Gasteiger charge is -2.29. The van der Waals surface area contributed by atoms with Crippen LogP contribution in [0, 0.1) is 0 Å². The molecule has 0 spiro atoms. The molecule has 7 heteroatoms. The molecule has 0 aromatic heterocycles. The Morgan fingerprint density at radius 3 is 2.27 bits per heavy atom. The van der Waals surface area contributed by atoms with E-state index in [0.29, 0.717) is 26.6 Å². The molecule has 0 unspecified atom stereocenters. The lowest BCUT2D eigenvalue weighted by molar-refractivity contribution is -0.222. The number of halogens is 2. The average Bonchev–Trinajstić information content (AvgIpc) is 2.56. The lowest BCUT2D eigenvalue weighted by atomic mass is 10.1. The molecule has 1 fully saturated rings. The first kappa shape index (κ1) is 18.5. The van der Waals surface area contributed by atoms with Crippen LogP contribution >= 0.6 is 27.5 Å². The van der Waals surface area contributed by atoms with E-state index in [1.54, 1.807) is 24.3 Å². The molecule has 0 atom stereocenters. The molecule has 1 aliphatic heterocycles. The maximum Gasteiger partial charge on any atom is 0.348 e. The van der Waals surface area contributed by atoms with E-state index < -0.39 is 17.7 Å². The SMILES string of the molecule is CC1(C)OC(=O)C(=Cc2c(Br)ccc(Cl)c2Oc2ccccc2)C(=O)O1. The van der Waals surface area contributed by atoms with Gasteiger partial charge in [0.15, 0.2) is 5.75 Å². The molecular weight excluding hydrogens is 424 g/mol. The molecule has 1 heterocycles. The Bertz CT molecular complexity index is 884. The molecule has 0 saturated carbocycles. The molecule has 0 N–H and O–H groups in total. The summed E-state index contributed by atoms with van der Waals surface area (Å²) in [5.41, 5.74) is 0.176. The van der Waals surface area contributed by atoms with Crippen LogP contribution in [0.25, 0.3) is 6.08 Å². The largest absolute Gasteiger partial charge is 0.455 e. The van der Waals surface area contributed by atoms with E-state index in [1.165, 1.54) is 19.9 Å². The third-order valence-electron chi connectivity index (χ3n) is 3.46. The van der Waals surface area contributed by atoms with Crippen molar-refractivity contribution in [2.75, 3.05) is 0 Å². The number of cyclic esters (lactones) is 2. The van der Waals surface area contributed by atoms with Crippen LogP contribution in [0.5, 0.6) is 11.5 Å². The van der Waals surface area contributed by atoms with Gasteiger partial charge in [0.2, 0.25) is 0 Å². The number of esters is 2. The van der Waals surface area contributed by atoms with Crippen LogP contribution < -0.4 is 4.74 Å². The third kappa shape index (κ3) is 3.92. The van der Waals surface area contributed by atoms with Crippen LogP contribution in [0.15, 0.2) is 52.5 Å². The van der Waals surface area contributed by atoms with E-state index in [4.69, 9.17) is 25.8 Å². The Morgan fingerprint density at radius 2 is 1.65 bits per heavy atom. The highest BCUT2D eigenvalue weighted by atomic mass is 79.9. The van der Waals surface area contributed by atoms with Crippen LogP contribution in [0.3, 0.4) is 0 Å². The zero-order chi connectivity index (χ0) is 18.9. The number of carbonyl (C=O) groups is 2. The molecule has 2 aromatic carbocycles. The second kappa shape index (κ2) is 7.13. The van der Waals surface area contributed by atoms with Gasteiger partial charge in [0.05, 0.1) is 5.02 Å². The van der Waals surface area contributed by atoms with Crippen molar-refractivity contribution in [3.63, 3.8) is 0 Å². The van der Waals surface area contributed by atoms with Gasteiger partial charge in [-0.3, -0.25) is 0 Å². The summed E-state index contributed by atoms with van der Waals surface area (Å²) < 4.78 is 16.7. The third-order valence-corrected chi connectivity index (χ3v) is 4.45. The van der Waals surface area contributed by atoms with Gasteiger partial charge >= 0.3 is 11.9 Å². The summed E-state index contributed by atoms with van der Waals surface area (Å²) in [5, 5.41) is 0.321. The van der Waals surface area contributed by atoms with Crippen LogP contribution in [-0.2, 0) is 19.1 Å². The van der Waals surface area contributed by atoms with Gasteiger partial charge in [0, 0.05) is 23.9 Å².